The monoisotopic (exact) mass is 593 g/mol. The average Bonchev–Trinajstić information content (AvgIpc) is 3.52. The number of nitro benzene ring substituents is 1. The van der Waals surface area contributed by atoms with Crippen molar-refractivity contribution in [3.8, 4) is 0 Å². The van der Waals surface area contributed by atoms with Gasteiger partial charge in [-0.25, -0.2) is 19.8 Å². The van der Waals surface area contributed by atoms with E-state index in [9.17, 15) is 19.7 Å². The van der Waals surface area contributed by atoms with E-state index in [4.69, 9.17) is 4.74 Å². The molecule has 0 radical (unpaired) electrons. The summed E-state index contributed by atoms with van der Waals surface area (Å²) in [4.78, 5) is 53.0. The van der Waals surface area contributed by atoms with Gasteiger partial charge in [0.25, 0.3) is 11.2 Å². The number of thiophene rings is 1. The maximum absolute atomic E-state index is 13.7. The highest BCUT2D eigenvalue weighted by Crippen LogP contribution is 2.35. The van der Waals surface area contributed by atoms with Crippen LogP contribution in [-0.4, -0.2) is 32.0 Å². The van der Waals surface area contributed by atoms with Crippen molar-refractivity contribution < 1.29 is 14.5 Å². The van der Waals surface area contributed by atoms with E-state index >= 15 is 0 Å². The Hall–Kier alpha value is -3.94. The number of carbonyl (C=O) groups is 1. The molecule has 0 spiro atoms. The first-order chi connectivity index (χ1) is 19.2. The third kappa shape index (κ3) is 5.40. The number of nitro groups is 1. The summed E-state index contributed by atoms with van der Waals surface area (Å²) < 4.78 is 7.13. The van der Waals surface area contributed by atoms with Crippen molar-refractivity contribution in [3.05, 3.63) is 105 Å². The van der Waals surface area contributed by atoms with Crippen molar-refractivity contribution in [1.82, 2.24) is 14.5 Å². The van der Waals surface area contributed by atoms with Gasteiger partial charge in [0.2, 0.25) is 0 Å². The highest BCUT2D eigenvalue weighted by atomic mass is 32.2. The largest absolute Gasteiger partial charge is 0.463 e. The van der Waals surface area contributed by atoms with Crippen LogP contribution in [0.3, 0.4) is 0 Å². The molecule has 40 heavy (non-hydrogen) atoms. The summed E-state index contributed by atoms with van der Waals surface area (Å²) in [5.74, 6) is -0.520. The number of thiazole rings is 1. The van der Waals surface area contributed by atoms with Gasteiger partial charge in [-0.2, -0.15) is 0 Å². The molecule has 4 heterocycles. The smallest absolute Gasteiger partial charge is 0.338 e. The van der Waals surface area contributed by atoms with E-state index in [-0.39, 0.29) is 17.9 Å². The molecule has 4 aromatic rings. The quantitative estimate of drug-likeness (QED) is 0.134. The molecule has 1 atom stereocenters. The molecule has 1 aliphatic heterocycles. The van der Waals surface area contributed by atoms with Crippen molar-refractivity contribution in [3.63, 3.8) is 0 Å². The van der Waals surface area contributed by atoms with E-state index in [0.717, 1.165) is 39.4 Å². The van der Waals surface area contributed by atoms with Gasteiger partial charge >= 0.3 is 5.97 Å². The number of allylic oxidation sites excluding steroid dienone is 1. The van der Waals surface area contributed by atoms with E-state index < -0.39 is 16.9 Å². The van der Waals surface area contributed by atoms with Crippen molar-refractivity contribution in [1.29, 1.82) is 0 Å². The minimum Gasteiger partial charge on any atom is -0.463 e. The molecule has 0 bridgehead atoms. The minimum absolute atomic E-state index is 0.119. The standard InChI is InChI=1S/C27H23N5O5S3/c1-5-37-25(34)22-16(4)30-27-31(23(22)20-7-6-10-38-20)24(33)21(40-27)13-17-8-9-19(18(12-17)32(35)36)39-26-28-14(2)11-15(3)29-26/h6-13,23H,5H2,1-4H3/b21-13+/t23-/m1/s1. The van der Waals surface area contributed by atoms with E-state index in [1.165, 1.54) is 22.0 Å². The van der Waals surface area contributed by atoms with Gasteiger partial charge in [0.1, 0.15) is 6.04 Å². The second-order valence-electron chi connectivity index (χ2n) is 8.84. The van der Waals surface area contributed by atoms with Crippen LogP contribution < -0.4 is 14.9 Å². The van der Waals surface area contributed by atoms with Crippen molar-refractivity contribution in [2.45, 2.75) is 43.8 Å². The van der Waals surface area contributed by atoms with Crippen LogP contribution in [0.5, 0.6) is 0 Å². The van der Waals surface area contributed by atoms with Crippen molar-refractivity contribution >= 4 is 52.2 Å². The lowest BCUT2D eigenvalue weighted by molar-refractivity contribution is -0.387. The second-order valence-corrected chi connectivity index (χ2v) is 11.8. The molecule has 13 heteroatoms. The molecule has 5 rings (SSSR count). The maximum Gasteiger partial charge on any atom is 0.338 e. The molecule has 1 aromatic carbocycles. The number of esters is 1. The number of hydrogen-bond donors (Lipinski definition) is 0. The van der Waals surface area contributed by atoms with Gasteiger partial charge in [0.05, 0.1) is 32.2 Å². The van der Waals surface area contributed by atoms with E-state index in [0.29, 0.717) is 36.2 Å². The molecule has 204 valence electrons. The van der Waals surface area contributed by atoms with Gasteiger partial charge in [0.15, 0.2) is 9.96 Å². The Labute approximate surface area is 240 Å². The Bertz CT molecular complexity index is 1840. The van der Waals surface area contributed by atoms with Gasteiger partial charge in [0, 0.05) is 22.3 Å². The first kappa shape index (κ1) is 27.6. The Morgan fingerprint density at radius 3 is 2.60 bits per heavy atom. The molecule has 0 aliphatic carbocycles. The fourth-order valence-corrected chi connectivity index (χ4v) is 7.17. The van der Waals surface area contributed by atoms with Crippen LogP contribution in [0.15, 0.2) is 72.9 Å². The minimum atomic E-state index is -0.677. The fraction of sp³-hybridized carbons (Fsp3) is 0.222. The number of benzene rings is 1. The van der Waals surface area contributed by atoms with Gasteiger partial charge in [-0.15, -0.1) is 11.3 Å². The molecule has 0 fully saturated rings. The molecule has 0 N–H and O–H groups in total. The van der Waals surface area contributed by atoms with Crippen LogP contribution in [-0.2, 0) is 9.53 Å². The number of fused-ring (bicyclic) bond motifs is 1. The summed E-state index contributed by atoms with van der Waals surface area (Å²) in [6, 6.07) is 9.64. The molecule has 10 nitrogen and oxygen atoms in total. The van der Waals surface area contributed by atoms with Crippen LogP contribution in [0.1, 0.15) is 41.7 Å². The van der Waals surface area contributed by atoms with Gasteiger partial charge in [-0.05, 0) is 74.7 Å². The van der Waals surface area contributed by atoms with Crippen LogP contribution in [0.25, 0.3) is 6.08 Å². The third-order valence-electron chi connectivity index (χ3n) is 5.97. The molecule has 0 unspecified atom stereocenters. The number of hydrogen-bond acceptors (Lipinski definition) is 11. The van der Waals surface area contributed by atoms with Gasteiger partial charge in [-0.3, -0.25) is 19.5 Å². The lowest BCUT2D eigenvalue weighted by atomic mass is 10.0. The van der Waals surface area contributed by atoms with Gasteiger partial charge in [-0.1, -0.05) is 23.5 Å². The normalized spacial score (nSPS) is 15.1. The average molecular weight is 594 g/mol. The molecule has 0 saturated heterocycles. The molecule has 1 aliphatic rings. The Balaban J connectivity index is 1.59. The zero-order valence-corrected chi connectivity index (χ0v) is 24.4. The molecule has 3 aromatic heterocycles. The SMILES string of the molecule is CCOC(=O)C1=C(C)N=c2s/c(=C/c3ccc(Sc4nc(C)cc(C)n4)c([N+](=O)[O-])c3)c(=O)n2[C@@H]1c1cccs1. The predicted molar refractivity (Wildman–Crippen MR) is 153 cm³/mol. The highest BCUT2D eigenvalue weighted by Gasteiger charge is 2.34. The third-order valence-corrected chi connectivity index (χ3v) is 8.81. The number of nitrogens with zero attached hydrogens (tertiary/aromatic N) is 5. The van der Waals surface area contributed by atoms with Crippen LogP contribution in [0, 0.1) is 24.0 Å². The first-order valence-corrected chi connectivity index (χ1v) is 14.7. The first-order valence-electron chi connectivity index (χ1n) is 12.2. The number of ether oxygens (including phenoxy) is 1. The summed E-state index contributed by atoms with van der Waals surface area (Å²) in [7, 11) is 0. The summed E-state index contributed by atoms with van der Waals surface area (Å²) in [6.45, 7) is 7.32. The van der Waals surface area contributed by atoms with E-state index in [1.807, 2.05) is 37.4 Å². The van der Waals surface area contributed by atoms with Crippen molar-refractivity contribution in [2.24, 2.45) is 4.99 Å². The fourth-order valence-electron chi connectivity index (χ4n) is 4.35. The zero-order valence-electron chi connectivity index (χ0n) is 21.9. The summed E-state index contributed by atoms with van der Waals surface area (Å²) in [6.07, 6.45) is 1.60. The number of aromatic nitrogens is 3. The Kier molecular flexibility index (Phi) is 7.79. The predicted octanol–water partition coefficient (Wildman–Crippen LogP) is 4.33. The summed E-state index contributed by atoms with van der Waals surface area (Å²) in [5, 5.41) is 14.3. The van der Waals surface area contributed by atoms with E-state index in [1.54, 1.807) is 32.1 Å². The second kappa shape index (κ2) is 11.3. The summed E-state index contributed by atoms with van der Waals surface area (Å²) in [5.41, 5.74) is 2.35. The molecule has 0 saturated carbocycles. The highest BCUT2D eigenvalue weighted by molar-refractivity contribution is 7.99. The van der Waals surface area contributed by atoms with Gasteiger partial charge < -0.3 is 4.74 Å². The molecular formula is C27H23N5O5S3. The molecule has 0 amide bonds. The maximum atomic E-state index is 13.7. The number of aryl methyl sites for hydroxylation is 2. The lowest BCUT2D eigenvalue weighted by Crippen LogP contribution is -2.39. The number of rotatable bonds is 7. The van der Waals surface area contributed by atoms with E-state index in [2.05, 4.69) is 15.0 Å². The lowest BCUT2D eigenvalue weighted by Gasteiger charge is -2.23. The van der Waals surface area contributed by atoms with Crippen LogP contribution in [0.4, 0.5) is 5.69 Å². The Morgan fingerprint density at radius 2 is 1.95 bits per heavy atom. The molecular weight excluding hydrogens is 571 g/mol. The topological polar surface area (TPSA) is 130 Å². The Morgan fingerprint density at radius 1 is 1.20 bits per heavy atom. The summed E-state index contributed by atoms with van der Waals surface area (Å²) >= 11 is 3.71. The van der Waals surface area contributed by atoms with Crippen LogP contribution >= 0.6 is 34.4 Å². The number of carbonyl (C=O) groups excluding carboxylic acids is 1. The van der Waals surface area contributed by atoms with Crippen molar-refractivity contribution in [2.75, 3.05) is 6.61 Å². The zero-order chi connectivity index (χ0) is 28.6. The van der Waals surface area contributed by atoms with Crippen LogP contribution in [0.2, 0.25) is 0 Å².